The van der Waals surface area contributed by atoms with Crippen LogP contribution in [0.3, 0.4) is 0 Å². The van der Waals surface area contributed by atoms with Gasteiger partial charge in [-0.05, 0) is 28.8 Å². The predicted octanol–water partition coefficient (Wildman–Crippen LogP) is 4.61. The average molecular weight is 420 g/mol. The van der Waals surface area contributed by atoms with Crippen molar-refractivity contribution in [1.82, 2.24) is 5.32 Å². The van der Waals surface area contributed by atoms with Gasteiger partial charge in [0.25, 0.3) is 0 Å². The largest absolute Gasteiger partial charge is 0.493 e. The number of nitrogens with one attached hydrogen (secondary N) is 2. The van der Waals surface area contributed by atoms with Gasteiger partial charge in [-0.1, -0.05) is 54.6 Å². The summed E-state index contributed by atoms with van der Waals surface area (Å²) in [5.41, 5.74) is 4.31. The normalized spacial score (nSPS) is 11.1. The lowest BCUT2D eigenvalue weighted by Gasteiger charge is -2.14. The Morgan fingerprint density at radius 1 is 0.774 bits per heavy atom. The van der Waals surface area contributed by atoms with Gasteiger partial charge in [0, 0.05) is 25.3 Å². The minimum absolute atomic E-state index is 0.571. The molecule has 2 N–H and O–H groups in total. The number of ether oxygens (including phenoxy) is 3. The molecule has 0 aliphatic heterocycles. The standard InChI is InChI=1S/C25H29N3O3/c1-26-25(28-22-12-13-23(29-2)24(15-22)30-3)27-16-20-10-7-11-21(14-20)18-31-17-19-8-5-4-6-9-19/h4-15H,16-18H2,1-3H3,(H2,26,27,28). The Labute approximate surface area is 183 Å². The van der Waals surface area contributed by atoms with Crippen molar-refractivity contribution in [3.05, 3.63) is 89.5 Å². The second-order valence-electron chi connectivity index (χ2n) is 6.92. The Hall–Kier alpha value is -3.51. The van der Waals surface area contributed by atoms with Crippen LogP contribution in [-0.2, 0) is 24.5 Å². The predicted molar refractivity (Wildman–Crippen MR) is 125 cm³/mol. The summed E-state index contributed by atoms with van der Waals surface area (Å²) in [6.45, 7) is 1.81. The fourth-order valence-electron chi connectivity index (χ4n) is 3.11. The fourth-order valence-corrected chi connectivity index (χ4v) is 3.11. The Kier molecular flexibility index (Phi) is 8.31. The summed E-state index contributed by atoms with van der Waals surface area (Å²) in [6.07, 6.45) is 0. The molecule has 0 radical (unpaired) electrons. The molecule has 162 valence electrons. The van der Waals surface area contributed by atoms with Crippen LogP contribution in [0.15, 0.2) is 77.8 Å². The van der Waals surface area contributed by atoms with E-state index in [9.17, 15) is 0 Å². The van der Waals surface area contributed by atoms with Crippen molar-refractivity contribution >= 4 is 11.6 Å². The maximum atomic E-state index is 5.85. The van der Waals surface area contributed by atoms with E-state index >= 15 is 0 Å². The van der Waals surface area contributed by atoms with Crippen LogP contribution in [0.25, 0.3) is 0 Å². The third-order valence-electron chi connectivity index (χ3n) is 4.70. The Bertz CT molecular complexity index is 990. The first-order valence-electron chi connectivity index (χ1n) is 10.1. The van der Waals surface area contributed by atoms with E-state index in [0.717, 1.165) is 16.8 Å². The number of anilines is 1. The summed E-state index contributed by atoms with van der Waals surface area (Å²) in [5.74, 6) is 2.01. The van der Waals surface area contributed by atoms with Crippen molar-refractivity contribution < 1.29 is 14.2 Å². The summed E-state index contributed by atoms with van der Waals surface area (Å²) in [5, 5.41) is 6.61. The van der Waals surface area contributed by atoms with Crippen molar-refractivity contribution in [2.24, 2.45) is 4.99 Å². The van der Waals surface area contributed by atoms with Crippen molar-refractivity contribution in [2.75, 3.05) is 26.6 Å². The third-order valence-corrected chi connectivity index (χ3v) is 4.70. The maximum absolute atomic E-state index is 5.85. The van der Waals surface area contributed by atoms with Gasteiger partial charge in [0.05, 0.1) is 27.4 Å². The second kappa shape index (κ2) is 11.6. The molecule has 3 aromatic rings. The van der Waals surface area contributed by atoms with E-state index in [1.54, 1.807) is 21.3 Å². The van der Waals surface area contributed by atoms with Crippen LogP contribution in [0.5, 0.6) is 11.5 Å². The molecule has 0 bridgehead atoms. The molecular formula is C25H29N3O3. The summed E-state index contributed by atoms with van der Waals surface area (Å²) in [4.78, 5) is 4.30. The number of hydrogen-bond acceptors (Lipinski definition) is 4. The SMILES string of the molecule is CN=C(NCc1cccc(COCc2ccccc2)c1)Nc1ccc(OC)c(OC)c1. The van der Waals surface area contributed by atoms with Gasteiger partial charge < -0.3 is 24.8 Å². The van der Waals surface area contributed by atoms with Crippen LogP contribution in [0, 0.1) is 0 Å². The van der Waals surface area contributed by atoms with Gasteiger partial charge in [0.1, 0.15) is 0 Å². The highest BCUT2D eigenvalue weighted by Gasteiger charge is 2.06. The van der Waals surface area contributed by atoms with Gasteiger partial charge in [-0.15, -0.1) is 0 Å². The van der Waals surface area contributed by atoms with Gasteiger partial charge in [0.2, 0.25) is 0 Å². The molecule has 0 fully saturated rings. The van der Waals surface area contributed by atoms with Crippen molar-refractivity contribution in [3.63, 3.8) is 0 Å². The number of benzene rings is 3. The van der Waals surface area contributed by atoms with E-state index in [4.69, 9.17) is 14.2 Å². The van der Waals surface area contributed by atoms with Gasteiger partial charge in [0.15, 0.2) is 17.5 Å². The number of methoxy groups -OCH3 is 2. The van der Waals surface area contributed by atoms with Crippen LogP contribution >= 0.6 is 0 Å². The number of nitrogens with zero attached hydrogens (tertiary/aromatic N) is 1. The highest BCUT2D eigenvalue weighted by molar-refractivity contribution is 5.93. The van der Waals surface area contributed by atoms with Gasteiger partial charge >= 0.3 is 0 Å². The van der Waals surface area contributed by atoms with Gasteiger partial charge in [-0.2, -0.15) is 0 Å². The zero-order valence-corrected chi connectivity index (χ0v) is 18.2. The number of guanidine groups is 1. The Morgan fingerprint density at radius 3 is 2.23 bits per heavy atom. The summed E-state index contributed by atoms with van der Waals surface area (Å²) < 4.78 is 16.5. The van der Waals surface area contributed by atoms with E-state index in [1.165, 1.54) is 5.56 Å². The minimum atomic E-state index is 0.571. The smallest absolute Gasteiger partial charge is 0.195 e. The third kappa shape index (κ3) is 6.76. The van der Waals surface area contributed by atoms with Crippen LogP contribution in [0.1, 0.15) is 16.7 Å². The molecule has 0 aromatic heterocycles. The lowest BCUT2D eigenvalue weighted by atomic mass is 10.1. The molecule has 3 aromatic carbocycles. The number of aliphatic imine (C=N–C) groups is 1. The van der Waals surface area contributed by atoms with E-state index in [2.05, 4.69) is 46.0 Å². The van der Waals surface area contributed by atoms with Crippen molar-refractivity contribution in [1.29, 1.82) is 0 Å². The zero-order chi connectivity index (χ0) is 21.9. The molecule has 0 aliphatic carbocycles. The lowest BCUT2D eigenvalue weighted by molar-refractivity contribution is 0.107. The van der Waals surface area contributed by atoms with E-state index in [-0.39, 0.29) is 0 Å². The summed E-state index contributed by atoms with van der Waals surface area (Å²) in [6, 6.07) is 24.2. The first-order valence-corrected chi connectivity index (χ1v) is 10.1. The van der Waals surface area contributed by atoms with Crippen LogP contribution in [0.2, 0.25) is 0 Å². The van der Waals surface area contributed by atoms with E-state index < -0.39 is 0 Å². The highest BCUT2D eigenvalue weighted by atomic mass is 16.5. The molecule has 0 spiro atoms. The van der Waals surface area contributed by atoms with Crippen LogP contribution < -0.4 is 20.1 Å². The van der Waals surface area contributed by atoms with E-state index in [1.807, 2.05) is 42.5 Å². The minimum Gasteiger partial charge on any atom is -0.493 e. The van der Waals surface area contributed by atoms with E-state index in [0.29, 0.717) is 37.2 Å². The monoisotopic (exact) mass is 419 g/mol. The van der Waals surface area contributed by atoms with Crippen molar-refractivity contribution in [2.45, 2.75) is 19.8 Å². The molecule has 0 aliphatic rings. The lowest BCUT2D eigenvalue weighted by Crippen LogP contribution is -2.30. The molecule has 6 heteroatoms. The topological polar surface area (TPSA) is 64.1 Å². The zero-order valence-electron chi connectivity index (χ0n) is 18.2. The van der Waals surface area contributed by atoms with Gasteiger partial charge in [-0.3, -0.25) is 4.99 Å². The number of rotatable bonds is 9. The molecule has 0 saturated carbocycles. The molecule has 3 rings (SSSR count). The van der Waals surface area contributed by atoms with Gasteiger partial charge in [-0.25, -0.2) is 0 Å². The molecule has 0 unspecified atom stereocenters. The Morgan fingerprint density at radius 2 is 1.48 bits per heavy atom. The van der Waals surface area contributed by atoms with Crippen molar-refractivity contribution in [3.8, 4) is 11.5 Å². The average Bonchev–Trinajstić information content (AvgIpc) is 2.82. The first kappa shape index (κ1) is 22.2. The fraction of sp³-hybridized carbons (Fsp3) is 0.240. The Balaban J connectivity index is 1.53. The molecule has 0 saturated heterocycles. The molecule has 0 heterocycles. The quantitative estimate of drug-likeness (QED) is 0.392. The van der Waals surface area contributed by atoms with Crippen LogP contribution in [0.4, 0.5) is 5.69 Å². The van der Waals surface area contributed by atoms with Crippen LogP contribution in [-0.4, -0.2) is 27.2 Å². The number of hydrogen-bond donors (Lipinski definition) is 2. The molecule has 0 atom stereocenters. The summed E-state index contributed by atoms with van der Waals surface area (Å²) >= 11 is 0. The first-order chi connectivity index (χ1) is 15.2. The highest BCUT2D eigenvalue weighted by Crippen LogP contribution is 2.29. The maximum Gasteiger partial charge on any atom is 0.195 e. The molecule has 0 amide bonds. The molecule has 6 nitrogen and oxygen atoms in total. The second-order valence-corrected chi connectivity index (χ2v) is 6.92. The molecule has 31 heavy (non-hydrogen) atoms. The molecular weight excluding hydrogens is 390 g/mol. The summed E-state index contributed by atoms with van der Waals surface area (Å²) in [7, 11) is 4.97.